The van der Waals surface area contributed by atoms with Crippen LogP contribution in [0.15, 0.2) is 48.5 Å². The quantitative estimate of drug-likeness (QED) is 0.369. The predicted octanol–water partition coefficient (Wildman–Crippen LogP) is 5.61. The van der Waals surface area contributed by atoms with Crippen LogP contribution >= 0.6 is 0 Å². The van der Waals surface area contributed by atoms with Gasteiger partial charge in [-0.25, -0.2) is 0 Å². The van der Waals surface area contributed by atoms with Gasteiger partial charge in [0.1, 0.15) is 17.5 Å². The van der Waals surface area contributed by atoms with Crippen LogP contribution < -0.4 is 25.4 Å². The molecule has 1 unspecified atom stereocenters. The molecular formula is C27H36F3N3O3. The van der Waals surface area contributed by atoms with Crippen molar-refractivity contribution in [2.45, 2.75) is 69.2 Å². The summed E-state index contributed by atoms with van der Waals surface area (Å²) in [5.74, 6) is 0.861. The number of amides is 1. The Morgan fingerprint density at radius 3 is 2.31 bits per heavy atom. The summed E-state index contributed by atoms with van der Waals surface area (Å²) in [5, 5.41) is 9.07. The molecule has 0 radical (unpaired) electrons. The lowest BCUT2D eigenvalue weighted by molar-refractivity contribution is -0.166. The van der Waals surface area contributed by atoms with Crippen molar-refractivity contribution in [3.8, 4) is 11.5 Å². The first-order valence-corrected chi connectivity index (χ1v) is 12.4. The topological polar surface area (TPSA) is 71.6 Å². The van der Waals surface area contributed by atoms with Gasteiger partial charge in [-0.2, -0.15) is 13.2 Å². The second-order valence-corrected chi connectivity index (χ2v) is 9.20. The summed E-state index contributed by atoms with van der Waals surface area (Å²) in [5.41, 5.74) is -0.458. The van der Waals surface area contributed by atoms with Crippen molar-refractivity contribution in [3.63, 3.8) is 0 Å². The molecule has 2 atom stereocenters. The van der Waals surface area contributed by atoms with Crippen LogP contribution in [-0.2, 0) is 4.79 Å². The van der Waals surface area contributed by atoms with Gasteiger partial charge in [-0.15, -0.1) is 0 Å². The Morgan fingerprint density at radius 1 is 1.03 bits per heavy atom. The zero-order valence-corrected chi connectivity index (χ0v) is 21.1. The summed E-state index contributed by atoms with van der Waals surface area (Å²) < 4.78 is 53.0. The molecular weight excluding hydrogens is 471 g/mol. The van der Waals surface area contributed by atoms with Crippen LogP contribution in [0.1, 0.15) is 57.1 Å². The fraction of sp³-hybridized carbons (Fsp3) is 0.519. The third-order valence-corrected chi connectivity index (χ3v) is 6.80. The number of rotatable bonds is 11. The van der Waals surface area contributed by atoms with Gasteiger partial charge in [0, 0.05) is 18.7 Å². The van der Waals surface area contributed by atoms with Crippen LogP contribution in [-0.4, -0.2) is 44.4 Å². The molecule has 9 heteroatoms. The summed E-state index contributed by atoms with van der Waals surface area (Å²) in [6.07, 6.45) is -0.940. The van der Waals surface area contributed by atoms with Crippen LogP contribution in [0.2, 0.25) is 0 Å². The number of methoxy groups -OCH3 is 2. The summed E-state index contributed by atoms with van der Waals surface area (Å²) in [4.78, 5) is 13.6. The molecule has 1 aliphatic carbocycles. The first-order valence-electron chi connectivity index (χ1n) is 12.4. The van der Waals surface area contributed by atoms with Crippen LogP contribution in [0.4, 0.5) is 18.9 Å². The Kier molecular flexibility index (Phi) is 9.48. The van der Waals surface area contributed by atoms with Crippen molar-refractivity contribution in [2.75, 3.05) is 26.1 Å². The molecule has 6 nitrogen and oxygen atoms in total. The van der Waals surface area contributed by atoms with Crippen LogP contribution in [0.25, 0.3) is 0 Å². The monoisotopic (exact) mass is 507 g/mol. The van der Waals surface area contributed by atoms with Crippen LogP contribution in [0.3, 0.4) is 0 Å². The first-order chi connectivity index (χ1) is 17.2. The molecule has 0 spiro atoms. The normalized spacial score (nSPS) is 17.1. The van der Waals surface area contributed by atoms with E-state index in [4.69, 9.17) is 9.47 Å². The summed E-state index contributed by atoms with van der Waals surface area (Å²) in [6.45, 7) is 2.32. The summed E-state index contributed by atoms with van der Waals surface area (Å²) in [7, 11) is 3.13. The molecule has 3 N–H and O–H groups in total. The van der Waals surface area contributed by atoms with E-state index in [1.807, 2.05) is 13.0 Å². The fourth-order valence-electron chi connectivity index (χ4n) is 4.67. The average Bonchev–Trinajstić information content (AvgIpc) is 2.89. The van der Waals surface area contributed by atoms with Crippen molar-refractivity contribution < 1.29 is 27.4 Å². The smallest absolute Gasteiger partial charge is 0.407 e. The number of alkyl halides is 3. The van der Waals surface area contributed by atoms with Crippen LogP contribution in [0, 0.1) is 0 Å². The number of ether oxygens (including phenoxy) is 2. The first kappa shape index (κ1) is 27.6. The lowest BCUT2D eigenvalue weighted by Gasteiger charge is -2.41. The van der Waals surface area contributed by atoms with E-state index < -0.39 is 17.8 Å². The Hall–Kier alpha value is -2.94. The van der Waals surface area contributed by atoms with E-state index in [2.05, 4.69) is 16.0 Å². The van der Waals surface area contributed by atoms with Gasteiger partial charge in [-0.05, 0) is 37.0 Å². The Balaban J connectivity index is 1.76. The molecule has 0 saturated heterocycles. The molecule has 2 aromatic carbocycles. The zero-order valence-electron chi connectivity index (χ0n) is 21.1. The van der Waals surface area contributed by atoms with E-state index in [9.17, 15) is 18.0 Å². The standard InChI is InChI=1S/C27H36F3N3O3/c1-4-20(18-31-22-14-13-21(35-2)17-23(22)36-3)32-25(34)26(15-9-6-10-16-26)33-24(27(28,29)30)19-11-7-5-8-12-19/h5,7-8,11-14,17,20,24,31,33H,4,6,9-10,15-16,18H2,1-3H3,(H,32,34)/t20-,24?/m0/s1. The molecule has 1 aliphatic rings. The molecule has 1 amide bonds. The average molecular weight is 508 g/mol. The number of hydrogen-bond acceptors (Lipinski definition) is 5. The Labute approximate surface area is 210 Å². The van der Waals surface area contributed by atoms with Crippen molar-refractivity contribution in [2.24, 2.45) is 0 Å². The number of benzene rings is 2. The highest BCUT2D eigenvalue weighted by atomic mass is 19.4. The molecule has 3 rings (SSSR count). The molecule has 0 bridgehead atoms. The predicted molar refractivity (Wildman–Crippen MR) is 134 cm³/mol. The lowest BCUT2D eigenvalue weighted by atomic mass is 9.79. The highest BCUT2D eigenvalue weighted by molar-refractivity contribution is 5.87. The summed E-state index contributed by atoms with van der Waals surface area (Å²) >= 11 is 0. The van der Waals surface area contributed by atoms with E-state index in [1.54, 1.807) is 44.6 Å². The number of halogens is 3. The van der Waals surface area contributed by atoms with Gasteiger partial charge in [0.15, 0.2) is 0 Å². The van der Waals surface area contributed by atoms with Gasteiger partial charge in [-0.3, -0.25) is 10.1 Å². The van der Waals surface area contributed by atoms with E-state index in [0.29, 0.717) is 50.1 Å². The Bertz CT molecular complexity index is 979. The molecule has 198 valence electrons. The molecule has 36 heavy (non-hydrogen) atoms. The van der Waals surface area contributed by atoms with Crippen molar-refractivity contribution in [1.82, 2.24) is 10.6 Å². The molecule has 0 heterocycles. The van der Waals surface area contributed by atoms with E-state index in [1.165, 1.54) is 12.1 Å². The SMILES string of the molecule is CC[C@@H](CNc1ccc(OC)cc1OC)NC(=O)C1(NC(c2ccccc2)C(F)(F)F)CCCCC1. The largest absolute Gasteiger partial charge is 0.497 e. The highest BCUT2D eigenvalue weighted by Crippen LogP contribution is 2.38. The van der Waals surface area contributed by atoms with Gasteiger partial charge in [0.05, 0.1) is 25.4 Å². The van der Waals surface area contributed by atoms with Crippen molar-refractivity contribution in [3.05, 3.63) is 54.1 Å². The second kappa shape index (κ2) is 12.3. The zero-order chi connectivity index (χ0) is 26.2. The molecule has 1 fully saturated rings. The number of carbonyl (C=O) groups is 1. The van der Waals surface area contributed by atoms with Gasteiger partial charge < -0.3 is 20.1 Å². The number of carbonyl (C=O) groups excluding carboxylic acids is 1. The van der Waals surface area contributed by atoms with E-state index in [0.717, 1.165) is 12.1 Å². The molecule has 0 aromatic heterocycles. The third kappa shape index (κ3) is 6.84. The minimum Gasteiger partial charge on any atom is -0.497 e. The number of anilines is 1. The minimum absolute atomic E-state index is 0.100. The minimum atomic E-state index is -4.54. The van der Waals surface area contributed by atoms with Gasteiger partial charge in [0.2, 0.25) is 5.91 Å². The van der Waals surface area contributed by atoms with Gasteiger partial charge >= 0.3 is 6.18 Å². The molecule has 1 saturated carbocycles. The second-order valence-electron chi connectivity index (χ2n) is 9.20. The number of nitrogens with one attached hydrogen (secondary N) is 3. The van der Waals surface area contributed by atoms with E-state index in [-0.39, 0.29) is 17.5 Å². The van der Waals surface area contributed by atoms with Gasteiger partial charge in [0.25, 0.3) is 0 Å². The highest BCUT2D eigenvalue weighted by Gasteiger charge is 2.49. The van der Waals surface area contributed by atoms with E-state index >= 15 is 0 Å². The Morgan fingerprint density at radius 2 is 1.72 bits per heavy atom. The maximum absolute atomic E-state index is 14.1. The third-order valence-electron chi connectivity index (χ3n) is 6.80. The van der Waals surface area contributed by atoms with Crippen molar-refractivity contribution in [1.29, 1.82) is 0 Å². The summed E-state index contributed by atoms with van der Waals surface area (Å²) in [6, 6.07) is 10.9. The molecule has 2 aromatic rings. The maximum atomic E-state index is 14.1. The molecule has 0 aliphatic heterocycles. The van der Waals surface area contributed by atoms with Crippen LogP contribution in [0.5, 0.6) is 11.5 Å². The fourth-order valence-corrected chi connectivity index (χ4v) is 4.67. The van der Waals surface area contributed by atoms with Crippen molar-refractivity contribution >= 4 is 11.6 Å². The lowest BCUT2D eigenvalue weighted by Crippen LogP contribution is -2.62. The van der Waals surface area contributed by atoms with Gasteiger partial charge in [-0.1, -0.05) is 56.5 Å². The maximum Gasteiger partial charge on any atom is 0.407 e. The number of hydrogen-bond donors (Lipinski definition) is 3.